The molecular formula is C19H18N4O3. The molecule has 1 atom stereocenters. The van der Waals surface area contributed by atoms with Gasteiger partial charge in [0, 0.05) is 18.8 Å². The number of phenolic OH excluding ortho intramolecular Hbond substituents is 1. The topological polar surface area (TPSA) is 121 Å². The lowest BCUT2D eigenvalue weighted by atomic mass is 10.0. The van der Waals surface area contributed by atoms with Crippen molar-refractivity contribution >= 4 is 17.3 Å². The van der Waals surface area contributed by atoms with Crippen molar-refractivity contribution in [3.8, 4) is 17.1 Å². The lowest BCUT2D eigenvalue weighted by molar-refractivity contribution is -0.137. The second-order valence-electron chi connectivity index (χ2n) is 5.75. The van der Waals surface area contributed by atoms with Gasteiger partial charge in [-0.05, 0) is 42.0 Å². The standard InChI is InChI=1S/C19H18N4O3/c20-13-10-12(6-7-17(13)24)11-16(19(25)26)23-15-5-3-9-22-18(15)14-4-1-2-8-21-14/h1-10,16,23-24H,11,20H2,(H,25,26)/t16-/m0/s1. The van der Waals surface area contributed by atoms with Gasteiger partial charge in [-0.2, -0.15) is 0 Å². The van der Waals surface area contributed by atoms with Crippen LogP contribution >= 0.6 is 0 Å². The summed E-state index contributed by atoms with van der Waals surface area (Å²) in [5, 5.41) is 22.1. The number of hydrogen-bond acceptors (Lipinski definition) is 6. The molecule has 0 aliphatic heterocycles. The predicted octanol–water partition coefficient (Wildman–Crippen LogP) is 2.54. The number of anilines is 2. The highest BCUT2D eigenvalue weighted by molar-refractivity contribution is 5.81. The number of hydrogen-bond donors (Lipinski definition) is 4. The molecule has 0 bridgehead atoms. The number of pyridine rings is 2. The zero-order valence-corrected chi connectivity index (χ0v) is 13.8. The highest BCUT2D eigenvalue weighted by Crippen LogP contribution is 2.25. The Balaban J connectivity index is 1.87. The lowest BCUT2D eigenvalue weighted by Crippen LogP contribution is -2.31. The van der Waals surface area contributed by atoms with E-state index in [1.807, 2.05) is 12.1 Å². The highest BCUT2D eigenvalue weighted by Gasteiger charge is 2.20. The number of nitrogens with two attached hydrogens (primary N) is 1. The average molecular weight is 350 g/mol. The van der Waals surface area contributed by atoms with Crippen LogP contribution < -0.4 is 11.1 Å². The van der Waals surface area contributed by atoms with Crippen molar-refractivity contribution in [2.45, 2.75) is 12.5 Å². The van der Waals surface area contributed by atoms with Crippen LogP contribution in [0.5, 0.6) is 5.75 Å². The maximum absolute atomic E-state index is 11.7. The minimum atomic E-state index is -1.01. The molecule has 3 aromatic rings. The molecule has 2 aromatic heterocycles. The van der Waals surface area contributed by atoms with Crippen LogP contribution in [0.2, 0.25) is 0 Å². The van der Waals surface area contributed by atoms with Gasteiger partial charge in [-0.3, -0.25) is 9.97 Å². The third-order valence-electron chi connectivity index (χ3n) is 3.87. The molecule has 0 aliphatic rings. The molecule has 0 aliphatic carbocycles. The van der Waals surface area contributed by atoms with E-state index in [-0.39, 0.29) is 17.9 Å². The summed E-state index contributed by atoms with van der Waals surface area (Å²) >= 11 is 0. The predicted molar refractivity (Wildman–Crippen MR) is 98.7 cm³/mol. The molecule has 0 fully saturated rings. The molecule has 0 unspecified atom stereocenters. The van der Waals surface area contributed by atoms with E-state index in [1.165, 1.54) is 6.07 Å². The number of aromatic hydroxyl groups is 1. The number of nitrogens with zero attached hydrogens (tertiary/aromatic N) is 2. The van der Waals surface area contributed by atoms with Crippen molar-refractivity contribution in [2.75, 3.05) is 11.1 Å². The van der Waals surface area contributed by atoms with Crippen LogP contribution in [-0.4, -0.2) is 32.2 Å². The van der Waals surface area contributed by atoms with Crippen molar-refractivity contribution in [1.29, 1.82) is 0 Å². The summed E-state index contributed by atoms with van der Waals surface area (Å²) < 4.78 is 0. The molecule has 132 valence electrons. The summed E-state index contributed by atoms with van der Waals surface area (Å²) in [7, 11) is 0. The van der Waals surface area contributed by atoms with Crippen LogP contribution in [0.1, 0.15) is 5.56 Å². The van der Waals surface area contributed by atoms with E-state index < -0.39 is 12.0 Å². The summed E-state index contributed by atoms with van der Waals surface area (Å²) in [5.41, 5.74) is 8.39. The van der Waals surface area contributed by atoms with E-state index in [2.05, 4.69) is 15.3 Å². The van der Waals surface area contributed by atoms with E-state index in [1.54, 1.807) is 42.7 Å². The fourth-order valence-corrected chi connectivity index (χ4v) is 2.58. The van der Waals surface area contributed by atoms with Crippen molar-refractivity contribution < 1.29 is 15.0 Å². The number of nitrogens with one attached hydrogen (secondary N) is 1. The molecule has 0 amide bonds. The van der Waals surface area contributed by atoms with Gasteiger partial charge in [0.2, 0.25) is 0 Å². The molecular weight excluding hydrogens is 332 g/mol. The summed E-state index contributed by atoms with van der Waals surface area (Å²) in [6, 6.07) is 12.7. The zero-order chi connectivity index (χ0) is 18.5. The molecule has 7 nitrogen and oxygen atoms in total. The molecule has 0 radical (unpaired) electrons. The third kappa shape index (κ3) is 3.89. The monoisotopic (exact) mass is 350 g/mol. The van der Waals surface area contributed by atoms with Crippen molar-refractivity contribution in [3.05, 3.63) is 66.5 Å². The lowest BCUT2D eigenvalue weighted by Gasteiger charge is -2.18. The van der Waals surface area contributed by atoms with Gasteiger partial charge in [0.1, 0.15) is 17.5 Å². The van der Waals surface area contributed by atoms with Gasteiger partial charge in [-0.15, -0.1) is 0 Å². The highest BCUT2D eigenvalue weighted by atomic mass is 16.4. The van der Waals surface area contributed by atoms with Crippen LogP contribution in [0.4, 0.5) is 11.4 Å². The largest absolute Gasteiger partial charge is 0.506 e. The molecule has 0 saturated heterocycles. The molecule has 1 aromatic carbocycles. The number of aliphatic carboxylic acids is 1. The van der Waals surface area contributed by atoms with Crippen LogP contribution in [-0.2, 0) is 11.2 Å². The quantitative estimate of drug-likeness (QED) is 0.398. The first-order valence-electron chi connectivity index (χ1n) is 7.97. The summed E-state index contributed by atoms with van der Waals surface area (Å²) in [4.78, 5) is 20.3. The normalized spacial score (nSPS) is 11.7. The fourth-order valence-electron chi connectivity index (χ4n) is 2.58. The summed E-state index contributed by atoms with van der Waals surface area (Å²) in [5.74, 6) is -1.04. The van der Waals surface area contributed by atoms with E-state index in [0.29, 0.717) is 22.6 Å². The smallest absolute Gasteiger partial charge is 0.326 e. The Hall–Kier alpha value is -3.61. The Morgan fingerprint density at radius 2 is 1.92 bits per heavy atom. The fraction of sp³-hybridized carbons (Fsp3) is 0.105. The van der Waals surface area contributed by atoms with Gasteiger partial charge in [-0.1, -0.05) is 12.1 Å². The van der Waals surface area contributed by atoms with Crippen LogP contribution in [0, 0.1) is 0 Å². The van der Waals surface area contributed by atoms with Gasteiger partial charge in [-0.25, -0.2) is 4.79 Å². The van der Waals surface area contributed by atoms with E-state index in [4.69, 9.17) is 5.73 Å². The summed E-state index contributed by atoms with van der Waals surface area (Å²) in [6.45, 7) is 0. The second kappa shape index (κ2) is 7.52. The number of rotatable bonds is 6. The SMILES string of the molecule is Nc1cc(C[C@H](Nc2cccnc2-c2ccccn2)C(=O)O)ccc1O. The average Bonchev–Trinajstić information content (AvgIpc) is 2.65. The number of carboxylic acid groups (broad SMARTS) is 1. The molecule has 0 spiro atoms. The third-order valence-corrected chi connectivity index (χ3v) is 3.87. The second-order valence-corrected chi connectivity index (χ2v) is 5.75. The maximum atomic E-state index is 11.7. The van der Waals surface area contributed by atoms with Crippen molar-refractivity contribution in [2.24, 2.45) is 0 Å². The van der Waals surface area contributed by atoms with E-state index >= 15 is 0 Å². The summed E-state index contributed by atoms with van der Waals surface area (Å²) in [6.07, 6.45) is 3.48. The molecule has 5 N–H and O–H groups in total. The van der Waals surface area contributed by atoms with Crippen molar-refractivity contribution in [3.63, 3.8) is 0 Å². The van der Waals surface area contributed by atoms with Crippen LogP contribution in [0.25, 0.3) is 11.4 Å². The zero-order valence-electron chi connectivity index (χ0n) is 13.8. The Morgan fingerprint density at radius 1 is 1.12 bits per heavy atom. The first-order valence-corrected chi connectivity index (χ1v) is 7.97. The Labute approximate surface area is 150 Å². The number of aromatic nitrogens is 2. The number of carbonyl (C=O) groups is 1. The van der Waals surface area contributed by atoms with Crippen LogP contribution in [0.15, 0.2) is 60.9 Å². The number of nitrogen functional groups attached to an aromatic ring is 1. The first kappa shape index (κ1) is 17.2. The molecule has 2 heterocycles. The van der Waals surface area contributed by atoms with Gasteiger partial charge in [0.15, 0.2) is 0 Å². The van der Waals surface area contributed by atoms with E-state index in [0.717, 1.165) is 0 Å². The van der Waals surface area contributed by atoms with Gasteiger partial charge in [0.05, 0.1) is 17.1 Å². The van der Waals surface area contributed by atoms with Crippen LogP contribution in [0.3, 0.4) is 0 Å². The van der Waals surface area contributed by atoms with Gasteiger partial charge < -0.3 is 21.3 Å². The number of carboxylic acids is 1. The molecule has 0 saturated carbocycles. The molecule has 26 heavy (non-hydrogen) atoms. The Morgan fingerprint density at radius 3 is 2.62 bits per heavy atom. The maximum Gasteiger partial charge on any atom is 0.326 e. The minimum absolute atomic E-state index is 0.0294. The van der Waals surface area contributed by atoms with Gasteiger partial charge in [0.25, 0.3) is 0 Å². The van der Waals surface area contributed by atoms with Crippen molar-refractivity contribution in [1.82, 2.24) is 9.97 Å². The first-order chi connectivity index (χ1) is 12.5. The number of benzene rings is 1. The van der Waals surface area contributed by atoms with Gasteiger partial charge >= 0.3 is 5.97 Å². The Bertz CT molecular complexity index is 916. The Kier molecular flexibility index (Phi) is 4.98. The molecule has 7 heteroatoms. The minimum Gasteiger partial charge on any atom is -0.506 e. The molecule has 3 rings (SSSR count). The number of phenols is 1. The van der Waals surface area contributed by atoms with E-state index in [9.17, 15) is 15.0 Å².